The number of carbonyl (C=O) groups is 1. The molecule has 3 aromatic heterocycles. The molecule has 4 aromatic rings. The monoisotopic (exact) mass is 471 g/mol. The maximum Gasteiger partial charge on any atom is 0.267 e. The molecule has 0 saturated carbocycles. The first-order chi connectivity index (χ1) is 16.8. The number of hydrogen-bond donors (Lipinski definition) is 0. The molecule has 1 aliphatic heterocycles. The Morgan fingerprint density at radius 2 is 1.69 bits per heavy atom. The average Bonchev–Trinajstić information content (AvgIpc) is 3.22. The fourth-order valence-corrected chi connectivity index (χ4v) is 4.68. The van der Waals surface area contributed by atoms with Crippen molar-refractivity contribution >= 4 is 11.4 Å². The van der Waals surface area contributed by atoms with Gasteiger partial charge in [-0.2, -0.15) is 10.2 Å². The Bertz CT molecular complexity index is 1430. The summed E-state index contributed by atoms with van der Waals surface area (Å²) in [5, 5.41) is 9.53. The largest absolute Gasteiger partial charge is 0.372 e. The minimum Gasteiger partial charge on any atom is -0.372 e. The number of nitrogens with zero attached hydrogens (tertiary/aromatic N) is 5. The molecule has 0 N–H and O–H groups in total. The summed E-state index contributed by atoms with van der Waals surface area (Å²) >= 11 is 0. The van der Waals surface area contributed by atoms with Gasteiger partial charge in [0.05, 0.1) is 40.6 Å². The zero-order valence-electron chi connectivity index (χ0n) is 20.4. The minimum absolute atomic E-state index is 0.00451. The number of amides is 1. The van der Waals surface area contributed by atoms with Crippen LogP contribution in [0.15, 0.2) is 65.6 Å². The van der Waals surface area contributed by atoms with Crippen molar-refractivity contribution in [2.24, 2.45) is 0 Å². The molecule has 1 aliphatic rings. The summed E-state index contributed by atoms with van der Waals surface area (Å²) in [5.41, 5.74) is 4.37. The van der Waals surface area contributed by atoms with Crippen LogP contribution >= 0.6 is 0 Å². The third-order valence-electron chi connectivity index (χ3n) is 6.20. The Labute approximate surface area is 203 Å². The Balaban J connectivity index is 1.65. The van der Waals surface area contributed by atoms with Crippen molar-refractivity contribution in [3.05, 3.63) is 76.7 Å². The van der Waals surface area contributed by atoms with Crippen molar-refractivity contribution in [2.75, 3.05) is 13.1 Å². The first kappa shape index (κ1) is 23.0. The highest BCUT2D eigenvalue weighted by Gasteiger charge is 2.27. The quantitative estimate of drug-likeness (QED) is 0.448. The van der Waals surface area contributed by atoms with Gasteiger partial charge in [0.15, 0.2) is 0 Å². The Hall–Kier alpha value is -3.78. The fraction of sp³-hybridized carbons (Fsp3) is 0.333. The van der Waals surface area contributed by atoms with E-state index in [1.807, 2.05) is 75.1 Å². The second-order valence-corrected chi connectivity index (χ2v) is 9.40. The lowest BCUT2D eigenvalue weighted by molar-refractivity contribution is -0.0586. The predicted octanol–water partition coefficient (Wildman–Crippen LogP) is 4.06. The molecule has 1 amide bonds. The van der Waals surface area contributed by atoms with Crippen molar-refractivity contribution in [1.29, 1.82) is 0 Å². The lowest BCUT2D eigenvalue weighted by Crippen LogP contribution is -2.48. The number of morpholine rings is 1. The van der Waals surface area contributed by atoms with Crippen LogP contribution < -0.4 is 5.56 Å². The summed E-state index contributed by atoms with van der Waals surface area (Å²) in [5.74, 6) is -0.0429. The van der Waals surface area contributed by atoms with E-state index < -0.39 is 0 Å². The van der Waals surface area contributed by atoms with Gasteiger partial charge in [0.2, 0.25) is 0 Å². The molecule has 8 heteroatoms. The summed E-state index contributed by atoms with van der Waals surface area (Å²) in [6.07, 6.45) is 1.77. The Kier molecular flexibility index (Phi) is 5.98. The minimum atomic E-state index is -0.150. The number of hydrogen-bond acceptors (Lipinski definition) is 5. The van der Waals surface area contributed by atoms with E-state index in [-0.39, 0.29) is 29.7 Å². The lowest BCUT2D eigenvalue weighted by Gasteiger charge is -2.35. The van der Waals surface area contributed by atoms with E-state index in [9.17, 15) is 9.59 Å². The second kappa shape index (κ2) is 9.11. The summed E-state index contributed by atoms with van der Waals surface area (Å²) < 4.78 is 9.00. The van der Waals surface area contributed by atoms with Crippen LogP contribution in [0.4, 0.5) is 0 Å². The molecule has 0 unspecified atom stereocenters. The molecule has 0 spiro atoms. The summed E-state index contributed by atoms with van der Waals surface area (Å²) in [7, 11) is 0. The highest BCUT2D eigenvalue weighted by molar-refractivity contribution is 5.96. The van der Waals surface area contributed by atoms with E-state index in [0.29, 0.717) is 24.3 Å². The number of benzene rings is 1. The molecular weight excluding hydrogens is 442 g/mol. The molecule has 35 heavy (non-hydrogen) atoms. The maximum atomic E-state index is 13.3. The molecule has 1 saturated heterocycles. The summed E-state index contributed by atoms with van der Waals surface area (Å²) in [6.45, 7) is 8.93. The van der Waals surface area contributed by atoms with Gasteiger partial charge in [0.1, 0.15) is 5.69 Å². The van der Waals surface area contributed by atoms with Gasteiger partial charge in [0, 0.05) is 30.9 Å². The molecule has 0 radical (unpaired) electrons. The second-order valence-electron chi connectivity index (χ2n) is 9.40. The average molecular weight is 472 g/mol. The SMILES string of the molecule is CC(C)n1nc(-c2c(-c3ccccc3)nn3cc(C(=O)N4C[C@@H](C)O[C@@H](C)C4)ccc23)ccc1=O. The smallest absolute Gasteiger partial charge is 0.267 e. The Morgan fingerprint density at radius 3 is 2.37 bits per heavy atom. The van der Waals surface area contributed by atoms with Crippen LogP contribution in [0.3, 0.4) is 0 Å². The molecule has 0 aliphatic carbocycles. The number of ether oxygens (including phenoxy) is 1. The van der Waals surface area contributed by atoms with Crippen LogP contribution in [0, 0.1) is 0 Å². The van der Waals surface area contributed by atoms with Crippen molar-refractivity contribution in [2.45, 2.75) is 45.9 Å². The molecule has 180 valence electrons. The maximum absolute atomic E-state index is 13.3. The third-order valence-corrected chi connectivity index (χ3v) is 6.20. The molecule has 1 aromatic carbocycles. The third kappa shape index (κ3) is 4.37. The molecule has 1 fully saturated rings. The van der Waals surface area contributed by atoms with Gasteiger partial charge in [-0.25, -0.2) is 9.20 Å². The van der Waals surface area contributed by atoms with Crippen LogP contribution in [0.5, 0.6) is 0 Å². The van der Waals surface area contributed by atoms with Crippen LogP contribution in [0.2, 0.25) is 0 Å². The van der Waals surface area contributed by atoms with Crippen molar-refractivity contribution in [1.82, 2.24) is 24.3 Å². The number of carbonyl (C=O) groups excluding carboxylic acids is 1. The van der Waals surface area contributed by atoms with E-state index in [4.69, 9.17) is 9.84 Å². The van der Waals surface area contributed by atoms with Crippen LogP contribution in [0.1, 0.15) is 44.1 Å². The molecular formula is C27H29N5O3. The predicted molar refractivity (Wildman–Crippen MR) is 134 cm³/mol. The van der Waals surface area contributed by atoms with E-state index >= 15 is 0 Å². The van der Waals surface area contributed by atoms with Crippen LogP contribution in [-0.4, -0.2) is 55.5 Å². The van der Waals surface area contributed by atoms with Crippen molar-refractivity contribution < 1.29 is 9.53 Å². The molecule has 2 atom stereocenters. The lowest BCUT2D eigenvalue weighted by atomic mass is 10.0. The van der Waals surface area contributed by atoms with E-state index in [1.54, 1.807) is 22.8 Å². The number of rotatable bonds is 4. The molecule has 4 heterocycles. The number of pyridine rings is 1. The number of aromatic nitrogens is 4. The highest BCUT2D eigenvalue weighted by Crippen LogP contribution is 2.34. The normalized spacial score (nSPS) is 18.4. The van der Waals surface area contributed by atoms with Crippen LogP contribution in [-0.2, 0) is 4.74 Å². The molecule has 8 nitrogen and oxygen atoms in total. The first-order valence-corrected chi connectivity index (χ1v) is 11.9. The van der Waals surface area contributed by atoms with Crippen molar-refractivity contribution in [3.63, 3.8) is 0 Å². The van der Waals surface area contributed by atoms with Gasteiger partial charge in [-0.3, -0.25) is 9.59 Å². The van der Waals surface area contributed by atoms with E-state index in [2.05, 4.69) is 5.10 Å². The van der Waals surface area contributed by atoms with Gasteiger partial charge in [-0.1, -0.05) is 30.3 Å². The number of fused-ring (bicyclic) bond motifs is 1. The van der Waals surface area contributed by atoms with Gasteiger partial charge in [-0.15, -0.1) is 0 Å². The fourth-order valence-electron chi connectivity index (χ4n) is 4.68. The van der Waals surface area contributed by atoms with Gasteiger partial charge in [-0.05, 0) is 45.9 Å². The van der Waals surface area contributed by atoms with Gasteiger partial charge < -0.3 is 9.64 Å². The summed E-state index contributed by atoms with van der Waals surface area (Å²) in [6, 6.07) is 16.8. The zero-order chi connectivity index (χ0) is 24.7. The topological polar surface area (TPSA) is 81.7 Å². The summed E-state index contributed by atoms with van der Waals surface area (Å²) in [4.78, 5) is 27.5. The van der Waals surface area contributed by atoms with Crippen molar-refractivity contribution in [3.8, 4) is 22.5 Å². The van der Waals surface area contributed by atoms with E-state index in [0.717, 1.165) is 22.3 Å². The molecule has 5 rings (SSSR count). The first-order valence-electron chi connectivity index (χ1n) is 11.9. The zero-order valence-corrected chi connectivity index (χ0v) is 20.4. The van der Waals surface area contributed by atoms with Gasteiger partial charge >= 0.3 is 0 Å². The highest BCUT2D eigenvalue weighted by atomic mass is 16.5. The van der Waals surface area contributed by atoms with E-state index in [1.165, 1.54) is 4.68 Å². The van der Waals surface area contributed by atoms with Crippen LogP contribution in [0.25, 0.3) is 28.0 Å². The Morgan fingerprint density at radius 1 is 0.971 bits per heavy atom. The van der Waals surface area contributed by atoms with Gasteiger partial charge in [0.25, 0.3) is 11.5 Å². The standard InChI is InChI=1S/C27H29N5O3/c1-17(2)32-24(33)13-11-22(28-32)25-23-12-10-21(27(34)30-14-18(3)35-19(4)15-30)16-31(23)29-26(25)20-8-6-5-7-9-20/h5-13,16-19H,14-15H2,1-4H3/t18-,19+. The molecule has 0 bridgehead atoms.